The molecule has 1 N–H and O–H groups in total. The summed E-state index contributed by atoms with van der Waals surface area (Å²) in [7, 11) is 1.91. The summed E-state index contributed by atoms with van der Waals surface area (Å²) in [6.07, 6.45) is 2.92. The summed E-state index contributed by atoms with van der Waals surface area (Å²) >= 11 is 0. The van der Waals surface area contributed by atoms with Crippen molar-refractivity contribution in [2.75, 3.05) is 13.1 Å². The summed E-state index contributed by atoms with van der Waals surface area (Å²) in [6, 6.07) is 8.82. The lowest BCUT2D eigenvalue weighted by Crippen LogP contribution is -2.26. The van der Waals surface area contributed by atoms with Gasteiger partial charge in [0.25, 0.3) is 0 Å². The third kappa shape index (κ3) is 4.97. The van der Waals surface area contributed by atoms with Crippen molar-refractivity contribution >= 4 is 0 Å². The fourth-order valence-electron chi connectivity index (χ4n) is 2.43. The highest BCUT2D eigenvalue weighted by Crippen LogP contribution is 2.20. The molecule has 0 saturated carbocycles. The van der Waals surface area contributed by atoms with Crippen molar-refractivity contribution in [3.63, 3.8) is 0 Å². The molecule has 1 aromatic heterocycles. The summed E-state index contributed by atoms with van der Waals surface area (Å²) in [4.78, 5) is 0. The minimum Gasteiger partial charge on any atom is -0.316 e. The second-order valence-corrected chi connectivity index (χ2v) is 6.25. The maximum Gasteiger partial charge on any atom is 0.0833 e. The number of hydrogen-bond donors (Lipinski definition) is 1. The molecule has 0 bridgehead atoms. The smallest absolute Gasteiger partial charge is 0.0833 e. The van der Waals surface area contributed by atoms with E-state index in [1.807, 2.05) is 13.2 Å². The lowest BCUT2D eigenvalue weighted by Gasteiger charge is -2.18. The number of benzene rings is 1. The highest BCUT2D eigenvalue weighted by molar-refractivity contribution is 5.26. The van der Waals surface area contributed by atoms with Crippen LogP contribution in [0.1, 0.15) is 36.6 Å². The zero-order valence-electron chi connectivity index (χ0n) is 13.5. The molecule has 1 atom stereocenters. The first-order valence-corrected chi connectivity index (χ1v) is 7.67. The number of aryl methyl sites for hydroxylation is 2. The summed E-state index contributed by atoms with van der Waals surface area (Å²) < 4.78 is 1.77. The van der Waals surface area contributed by atoms with E-state index in [1.165, 1.54) is 11.1 Å². The Morgan fingerprint density at radius 2 is 1.86 bits per heavy atom. The van der Waals surface area contributed by atoms with Gasteiger partial charge in [0, 0.05) is 32.1 Å². The van der Waals surface area contributed by atoms with Crippen LogP contribution in [0, 0.1) is 12.8 Å². The Morgan fingerprint density at radius 3 is 2.43 bits per heavy atom. The minimum atomic E-state index is 0.432. The molecule has 2 rings (SSSR count). The summed E-state index contributed by atoms with van der Waals surface area (Å²) in [5, 5.41) is 11.8. The normalized spacial score (nSPS) is 12.8. The van der Waals surface area contributed by atoms with E-state index in [0.717, 1.165) is 25.2 Å². The largest absolute Gasteiger partial charge is 0.316 e. The highest BCUT2D eigenvalue weighted by atomic mass is 15.4. The van der Waals surface area contributed by atoms with E-state index >= 15 is 0 Å². The Morgan fingerprint density at radius 1 is 1.14 bits per heavy atom. The minimum absolute atomic E-state index is 0.432. The van der Waals surface area contributed by atoms with Crippen molar-refractivity contribution in [1.82, 2.24) is 20.3 Å². The van der Waals surface area contributed by atoms with Crippen LogP contribution in [0.15, 0.2) is 30.5 Å². The van der Waals surface area contributed by atoms with Gasteiger partial charge in [-0.2, -0.15) is 0 Å². The SMILES string of the molecule is Cc1ccc(C(CNCC(C)C)Cc2cn(C)nn2)cc1. The van der Waals surface area contributed by atoms with Gasteiger partial charge >= 0.3 is 0 Å². The molecule has 0 spiro atoms. The molecule has 0 saturated heterocycles. The Labute approximate surface area is 127 Å². The van der Waals surface area contributed by atoms with Crippen LogP contribution in [0.4, 0.5) is 0 Å². The van der Waals surface area contributed by atoms with Gasteiger partial charge in [-0.05, 0) is 24.9 Å². The second kappa shape index (κ2) is 7.36. The lowest BCUT2D eigenvalue weighted by atomic mass is 9.93. The number of nitrogens with one attached hydrogen (secondary N) is 1. The maximum atomic E-state index is 4.23. The van der Waals surface area contributed by atoms with E-state index in [4.69, 9.17) is 0 Å². The number of nitrogens with zero attached hydrogens (tertiary/aromatic N) is 3. The zero-order valence-corrected chi connectivity index (χ0v) is 13.5. The highest BCUT2D eigenvalue weighted by Gasteiger charge is 2.14. The van der Waals surface area contributed by atoms with Crippen LogP contribution in [0.3, 0.4) is 0 Å². The van der Waals surface area contributed by atoms with Crippen LogP contribution >= 0.6 is 0 Å². The van der Waals surface area contributed by atoms with Gasteiger partial charge in [-0.1, -0.05) is 48.9 Å². The van der Waals surface area contributed by atoms with Crippen LogP contribution in [0.5, 0.6) is 0 Å². The fraction of sp³-hybridized carbons (Fsp3) is 0.529. The molecule has 1 aromatic carbocycles. The standard InChI is InChI=1S/C17H26N4/c1-13(2)10-18-11-16(9-17-12-21(4)20-19-17)15-7-5-14(3)6-8-15/h5-8,12-13,16,18H,9-11H2,1-4H3. The first kappa shape index (κ1) is 15.7. The molecule has 4 nitrogen and oxygen atoms in total. The summed E-state index contributed by atoms with van der Waals surface area (Å²) in [5.41, 5.74) is 3.71. The molecule has 0 aliphatic carbocycles. The monoisotopic (exact) mass is 286 g/mol. The number of aromatic nitrogens is 3. The molecular formula is C17H26N4. The van der Waals surface area contributed by atoms with Crippen molar-refractivity contribution in [2.24, 2.45) is 13.0 Å². The molecular weight excluding hydrogens is 260 g/mol. The van der Waals surface area contributed by atoms with Gasteiger partial charge in [0.1, 0.15) is 0 Å². The molecule has 114 valence electrons. The van der Waals surface area contributed by atoms with Gasteiger partial charge in [0.15, 0.2) is 0 Å². The van der Waals surface area contributed by atoms with Gasteiger partial charge in [-0.25, -0.2) is 0 Å². The first-order chi connectivity index (χ1) is 10.0. The summed E-state index contributed by atoms with van der Waals surface area (Å²) in [5.74, 6) is 1.10. The van der Waals surface area contributed by atoms with Crippen LogP contribution in [0.2, 0.25) is 0 Å². The van der Waals surface area contributed by atoms with E-state index in [1.54, 1.807) is 4.68 Å². The molecule has 0 aliphatic rings. The second-order valence-electron chi connectivity index (χ2n) is 6.25. The molecule has 0 radical (unpaired) electrons. The first-order valence-electron chi connectivity index (χ1n) is 7.67. The van der Waals surface area contributed by atoms with Crippen LogP contribution in [-0.2, 0) is 13.5 Å². The molecule has 0 aliphatic heterocycles. The molecule has 1 heterocycles. The Kier molecular flexibility index (Phi) is 5.51. The van der Waals surface area contributed by atoms with E-state index < -0.39 is 0 Å². The summed E-state index contributed by atoms with van der Waals surface area (Å²) in [6.45, 7) is 8.60. The third-order valence-corrected chi connectivity index (χ3v) is 3.60. The van der Waals surface area contributed by atoms with Crippen molar-refractivity contribution < 1.29 is 0 Å². The quantitative estimate of drug-likeness (QED) is 0.851. The Hall–Kier alpha value is -1.68. The zero-order chi connectivity index (χ0) is 15.2. The van der Waals surface area contributed by atoms with E-state index in [-0.39, 0.29) is 0 Å². The predicted octanol–water partition coefficient (Wildman–Crippen LogP) is 2.70. The molecule has 4 heteroatoms. The van der Waals surface area contributed by atoms with Crippen molar-refractivity contribution in [1.29, 1.82) is 0 Å². The van der Waals surface area contributed by atoms with E-state index in [9.17, 15) is 0 Å². The van der Waals surface area contributed by atoms with Gasteiger partial charge in [0.2, 0.25) is 0 Å². The molecule has 2 aromatic rings. The van der Waals surface area contributed by atoms with Gasteiger partial charge in [-0.3, -0.25) is 4.68 Å². The number of hydrogen-bond acceptors (Lipinski definition) is 3. The average Bonchev–Trinajstić information content (AvgIpc) is 2.84. The van der Waals surface area contributed by atoms with Gasteiger partial charge in [0.05, 0.1) is 5.69 Å². The lowest BCUT2D eigenvalue weighted by molar-refractivity contribution is 0.512. The average molecular weight is 286 g/mol. The molecule has 0 fully saturated rings. The number of rotatable bonds is 7. The van der Waals surface area contributed by atoms with Crippen LogP contribution in [0.25, 0.3) is 0 Å². The van der Waals surface area contributed by atoms with Gasteiger partial charge in [-0.15, -0.1) is 5.10 Å². The van der Waals surface area contributed by atoms with Crippen LogP contribution in [-0.4, -0.2) is 28.1 Å². The Bertz CT molecular complexity index is 542. The van der Waals surface area contributed by atoms with Crippen molar-refractivity contribution in [3.8, 4) is 0 Å². The van der Waals surface area contributed by atoms with Crippen molar-refractivity contribution in [2.45, 2.75) is 33.1 Å². The van der Waals surface area contributed by atoms with Crippen molar-refractivity contribution in [3.05, 3.63) is 47.3 Å². The molecule has 21 heavy (non-hydrogen) atoms. The predicted molar refractivity (Wildman–Crippen MR) is 86.3 cm³/mol. The Balaban J connectivity index is 2.07. The fourth-order valence-corrected chi connectivity index (χ4v) is 2.43. The molecule has 1 unspecified atom stereocenters. The van der Waals surface area contributed by atoms with Crippen LogP contribution < -0.4 is 5.32 Å². The maximum absolute atomic E-state index is 4.23. The van der Waals surface area contributed by atoms with E-state index in [2.05, 4.69) is 60.7 Å². The topological polar surface area (TPSA) is 42.7 Å². The van der Waals surface area contributed by atoms with Gasteiger partial charge < -0.3 is 5.32 Å². The third-order valence-electron chi connectivity index (χ3n) is 3.60. The molecule has 0 amide bonds. The van der Waals surface area contributed by atoms with E-state index in [0.29, 0.717) is 11.8 Å².